The molecule has 1 aromatic carbocycles. The molecular weight excluding hydrogens is 260 g/mol. The molecule has 3 N–H and O–H groups in total. The van der Waals surface area contributed by atoms with Gasteiger partial charge in [0.2, 0.25) is 0 Å². The fourth-order valence-corrected chi connectivity index (χ4v) is 3.22. The number of nitrogens with zero attached hydrogens (tertiary/aromatic N) is 2. The summed E-state index contributed by atoms with van der Waals surface area (Å²) in [7, 11) is 0. The standard InChI is InChI=1S/C17H20N4/c18-10-14-9-13-7-3-4-8-15(13)20-17(14)21-16(11-19)12-5-1-2-6-12/h3-4,7-9,12,16H,1-2,5-6,11,19H2,(H,20,21). The average molecular weight is 280 g/mol. The largest absolute Gasteiger partial charge is 0.365 e. The van der Waals surface area contributed by atoms with E-state index in [1.165, 1.54) is 25.7 Å². The van der Waals surface area contributed by atoms with Crippen molar-refractivity contribution < 1.29 is 0 Å². The summed E-state index contributed by atoms with van der Waals surface area (Å²) in [5, 5.41) is 13.8. The highest BCUT2D eigenvalue weighted by Gasteiger charge is 2.24. The number of nitrogens with one attached hydrogen (secondary N) is 1. The van der Waals surface area contributed by atoms with Gasteiger partial charge >= 0.3 is 0 Å². The Balaban J connectivity index is 1.93. The average Bonchev–Trinajstić information content (AvgIpc) is 3.06. The number of nitrogens with two attached hydrogens (primary N) is 1. The molecule has 0 bridgehead atoms. The SMILES string of the molecule is N#Cc1cc2ccccc2nc1NC(CN)C1CCCC1. The lowest BCUT2D eigenvalue weighted by atomic mass is 9.98. The maximum atomic E-state index is 9.37. The van der Waals surface area contributed by atoms with Crippen molar-refractivity contribution in [3.05, 3.63) is 35.9 Å². The maximum absolute atomic E-state index is 9.37. The first kappa shape index (κ1) is 13.8. The van der Waals surface area contributed by atoms with Crippen molar-refractivity contribution in [2.24, 2.45) is 11.7 Å². The van der Waals surface area contributed by atoms with Gasteiger partial charge in [0.05, 0.1) is 11.1 Å². The van der Waals surface area contributed by atoms with Crippen LogP contribution >= 0.6 is 0 Å². The Morgan fingerprint density at radius 1 is 1.33 bits per heavy atom. The quantitative estimate of drug-likeness (QED) is 0.902. The van der Waals surface area contributed by atoms with E-state index in [4.69, 9.17) is 5.73 Å². The Morgan fingerprint density at radius 3 is 2.81 bits per heavy atom. The molecule has 1 aliphatic carbocycles. The summed E-state index contributed by atoms with van der Waals surface area (Å²) in [4.78, 5) is 4.62. The summed E-state index contributed by atoms with van der Waals surface area (Å²) in [6.07, 6.45) is 4.98. The number of hydrogen-bond acceptors (Lipinski definition) is 4. The normalized spacial score (nSPS) is 16.8. The molecule has 4 heteroatoms. The molecule has 1 saturated carbocycles. The lowest BCUT2D eigenvalue weighted by Crippen LogP contribution is -2.35. The molecule has 21 heavy (non-hydrogen) atoms. The van der Waals surface area contributed by atoms with Crippen LogP contribution < -0.4 is 11.1 Å². The molecule has 4 nitrogen and oxygen atoms in total. The van der Waals surface area contributed by atoms with Crippen molar-refractivity contribution in [1.29, 1.82) is 5.26 Å². The third kappa shape index (κ3) is 2.84. The predicted molar refractivity (Wildman–Crippen MR) is 84.9 cm³/mol. The third-order valence-corrected chi connectivity index (χ3v) is 4.39. The van der Waals surface area contributed by atoms with Gasteiger partial charge in [0, 0.05) is 18.0 Å². The molecule has 3 rings (SSSR count). The zero-order chi connectivity index (χ0) is 14.7. The number of anilines is 1. The van der Waals surface area contributed by atoms with Crippen LogP contribution in [0.4, 0.5) is 5.82 Å². The van der Waals surface area contributed by atoms with Gasteiger partial charge in [-0.1, -0.05) is 31.0 Å². The molecule has 0 aliphatic heterocycles. The predicted octanol–water partition coefficient (Wildman–Crippen LogP) is 3.04. The number of rotatable bonds is 4. The minimum absolute atomic E-state index is 0.202. The zero-order valence-corrected chi connectivity index (χ0v) is 12.0. The Bertz CT molecular complexity index is 668. The molecule has 2 aromatic rings. The molecular formula is C17H20N4. The smallest absolute Gasteiger partial charge is 0.144 e. The number of nitriles is 1. The fourth-order valence-electron chi connectivity index (χ4n) is 3.22. The number of hydrogen-bond donors (Lipinski definition) is 2. The van der Waals surface area contributed by atoms with Crippen LogP contribution in [-0.2, 0) is 0 Å². The molecule has 108 valence electrons. The lowest BCUT2D eigenvalue weighted by Gasteiger charge is -2.24. The van der Waals surface area contributed by atoms with E-state index < -0.39 is 0 Å². The topological polar surface area (TPSA) is 74.7 Å². The number of benzene rings is 1. The number of fused-ring (bicyclic) bond motifs is 1. The van der Waals surface area contributed by atoms with Crippen molar-refractivity contribution in [3.63, 3.8) is 0 Å². The summed E-state index contributed by atoms with van der Waals surface area (Å²) in [6, 6.07) is 12.2. The number of aromatic nitrogens is 1. The van der Waals surface area contributed by atoms with Crippen molar-refractivity contribution in [2.45, 2.75) is 31.7 Å². The van der Waals surface area contributed by atoms with Gasteiger partial charge in [-0.15, -0.1) is 0 Å². The molecule has 1 unspecified atom stereocenters. The molecule has 1 heterocycles. The van der Waals surface area contributed by atoms with Crippen molar-refractivity contribution in [1.82, 2.24) is 4.98 Å². The van der Waals surface area contributed by atoms with Gasteiger partial charge in [0.1, 0.15) is 11.9 Å². The van der Waals surface area contributed by atoms with E-state index in [0.29, 0.717) is 23.8 Å². The van der Waals surface area contributed by atoms with Gasteiger partial charge in [0.15, 0.2) is 0 Å². The van der Waals surface area contributed by atoms with Gasteiger partial charge in [0.25, 0.3) is 0 Å². The summed E-state index contributed by atoms with van der Waals surface area (Å²) in [6.45, 7) is 0.573. The van der Waals surface area contributed by atoms with Gasteiger partial charge in [-0.2, -0.15) is 5.26 Å². The molecule has 0 amide bonds. The zero-order valence-electron chi connectivity index (χ0n) is 12.0. The van der Waals surface area contributed by atoms with Crippen LogP contribution in [0.5, 0.6) is 0 Å². The van der Waals surface area contributed by atoms with E-state index in [-0.39, 0.29) is 6.04 Å². The summed E-state index contributed by atoms with van der Waals surface area (Å²) < 4.78 is 0. The van der Waals surface area contributed by atoms with Crippen LogP contribution in [0.2, 0.25) is 0 Å². The molecule has 0 spiro atoms. The molecule has 1 atom stereocenters. The molecule has 1 fully saturated rings. The highest BCUT2D eigenvalue weighted by atomic mass is 15.0. The van der Waals surface area contributed by atoms with Gasteiger partial charge in [-0.25, -0.2) is 4.98 Å². The van der Waals surface area contributed by atoms with Crippen LogP contribution in [0.25, 0.3) is 10.9 Å². The van der Waals surface area contributed by atoms with E-state index in [1.807, 2.05) is 30.3 Å². The van der Waals surface area contributed by atoms with Crippen molar-refractivity contribution >= 4 is 16.7 Å². The van der Waals surface area contributed by atoms with Crippen LogP contribution in [0.1, 0.15) is 31.2 Å². The van der Waals surface area contributed by atoms with Gasteiger partial charge < -0.3 is 11.1 Å². The highest BCUT2D eigenvalue weighted by molar-refractivity contribution is 5.82. The van der Waals surface area contributed by atoms with Crippen LogP contribution in [0.15, 0.2) is 30.3 Å². The van der Waals surface area contributed by atoms with E-state index >= 15 is 0 Å². The molecule has 0 saturated heterocycles. The van der Waals surface area contributed by atoms with E-state index in [0.717, 1.165) is 10.9 Å². The first-order valence-corrected chi connectivity index (χ1v) is 7.58. The van der Waals surface area contributed by atoms with Crippen LogP contribution in [0, 0.1) is 17.2 Å². The van der Waals surface area contributed by atoms with Crippen LogP contribution in [0.3, 0.4) is 0 Å². The Hall–Kier alpha value is -2.12. The maximum Gasteiger partial charge on any atom is 0.144 e. The highest BCUT2D eigenvalue weighted by Crippen LogP contribution is 2.30. The van der Waals surface area contributed by atoms with Crippen molar-refractivity contribution in [3.8, 4) is 6.07 Å². The third-order valence-electron chi connectivity index (χ3n) is 4.39. The Morgan fingerprint density at radius 2 is 2.10 bits per heavy atom. The van der Waals surface area contributed by atoms with E-state index in [2.05, 4.69) is 16.4 Å². The number of pyridine rings is 1. The fraction of sp³-hybridized carbons (Fsp3) is 0.412. The Labute approximate surface area is 125 Å². The minimum Gasteiger partial charge on any atom is -0.365 e. The molecule has 0 radical (unpaired) electrons. The van der Waals surface area contributed by atoms with Crippen LogP contribution in [-0.4, -0.2) is 17.6 Å². The minimum atomic E-state index is 0.202. The van der Waals surface area contributed by atoms with Gasteiger partial charge in [-0.3, -0.25) is 0 Å². The summed E-state index contributed by atoms with van der Waals surface area (Å²) in [5.74, 6) is 1.26. The molecule has 1 aromatic heterocycles. The number of para-hydroxylation sites is 1. The Kier molecular flexibility index (Phi) is 4.03. The lowest BCUT2D eigenvalue weighted by molar-refractivity contribution is 0.461. The summed E-state index contributed by atoms with van der Waals surface area (Å²) in [5.41, 5.74) is 7.42. The summed E-state index contributed by atoms with van der Waals surface area (Å²) >= 11 is 0. The monoisotopic (exact) mass is 280 g/mol. The van der Waals surface area contributed by atoms with Gasteiger partial charge in [-0.05, 0) is 30.9 Å². The molecule has 1 aliphatic rings. The first-order valence-electron chi connectivity index (χ1n) is 7.58. The van der Waals surface area contributed by atoms with E-state index in [9.17, 15) is 5.26 Å². The van der Waals surface area contributed by atoms with E-state index in [1.54, 1.807) is 0 Å². The second kappa shape index (κ2) is 6.11. The second-order valence-electron chi connectivity index (χ2n) is 5.72. The van der Waals surface area contributed by atoms with Crippen molar-refractivity contribution in [2.75, 3.05) is 11.9 Å². The second-order valence-corrected chi connectivity index (χ2v) is 5.72. The first-order chi connectivity index (χ1) is 10.3.